The first-order valence-corrected chi connectivity index (χ1v) is 5.18. The molecular formula is C12H15NO4. The highest BCUT2D eigenvalue weighted by atomic mass is 16.4. The molecule has 0 aliphatic rings. The van der Waals surface area contributed by atoms with Crippen LogP contribution in [0.3, 0.4) is 0 Å². The summed E-state index contributed by atoms with van der Waals surface area (Å²) in [5.41, 5.74) is 1.57. The average molecular weight is 237 g/mol. The van der Waals surface area contributed by atoms with E-state index < -0.39 is 12.0 Å². The number of aryl methyl sites for hydroxylation is 1. The number of hydrogen-bond donors (Lipinski definition) is 3. The molecule has 92 valence electrons. The summed E-state index contributed by atoms with van der Waals surface area (Å²) in [5.74, 6) is -1.32. The second-order valence-corrected chi connectivity index (χ2v) is 3.91. The maximum Gasteiger partial charge on any atom is 0.326 e. The predicted octanol–water partition coefficient (Wildman–Crippen LogP) is 0.832. The Morgan fingerprint density at radius 1 is 1.41 bits per heavy atom. The lowest BCUT2D eigenvalue weighted by atomic mass is 10.0. The highest BCUT2D eigenvalue weighted by molar-refractivity contribution is 5.82. The largest absolute Gasteiger partial charge is 0.508 e. The number of aromatic hydroxyl groups is 1. The van der Waals surface area contributed by atoms with E-state index in [0.29, 0.717) is 0 Å². The summed E-state index contributed by atoms with van der Waals surface area (Å²) in [7, 11) is 0. The number of carbonyl (C=O) groups is 2. The number of phenolic OH excluding ortho intramolecular Hbond substituents is 1. The van der Waals surface area contributed by atoms with E-state index >= 15 is 0 Å². The molecule has 1 rings (SSSR count). The van der Waals surface area contributed by atoms with E-state index in [0.717, 1.165) is 11.1 Å². The summed E-state index contributed by atoms with van der Waals surface area (Å²) in [6, 6.07) is 3.76. The average Bonchev–Trinajstić information content (AvgIpc) is 2.19. The molecule has 0 radical (unpaired) electrons. The normalized spacial score (nSPS) is 11.9. The smallest absolute Gasteiger partial charge is 0.326 e. The maximum absolute atomic E-state index is 11.0. The molecular weight excluding hydrogens is 222 g/mol. The van der Waals surface area contributed by atoms with Crippen LogP contribution in [0.4, 0.5) is 0 Å². The van der Waals surface area contributed by atoms with E-state index in [1.54, 1.807) is 19.1 Å². The molecule has 17 heavy (non-hydrogen) atoms. The Morgan fingerprint density at radius 2 is 2.06 bits per heavy atom. The van der Waals surface area contributed by atoms with E-state index in [1.165, 1.54) is 13.0 Å². The van der Waals surface area contributed by atoms with E-state index in [1.807, 2.05) is 0 Å². The van der Waals surface area contributed by atoms with Crippen molar-refractivity contribution in [2.75, 3.05) is 0 Å². The molecule has 1 aromatic carbocycles. The molecule has 0 saturated heterocycles. The lowest BCUT2D eigenvalue weighted by molar-refractivity contribution is -0.141. The number of rotatable bonds is 4. The van der Waals surface area contributed by atoms with Crippen molar-refractivity contribution in [1.29, 1.82) is 0 Å². The molecule has 0 aromatic heterocycles. The summed E-state index contributed by atoms with van der Waals surface area (Å²) in [4.78, 5) is 21.8. The van der Waals surface area contributed by atoms with Gasteiger partial charge in [-0.1, -0.05) is 6.07 Å². The second-order valence-electron chi connectivity index (χ2n) is 3.91. The van der Waals surface area contributed by atoms with Gasteiger partial charge in [0.05, 0.1) is 0 Å². The first-order chi connectivity index (χ1) is 7.90. The molecule has 1 aromatic rings. The van der Waals surface area contributed by atoms with Gasteiger partial charge in [-0.3, -0.25) is 4.79 Å². The van der Waals surface area contributed by atoms with Crippen LogP contribution in [0.25, 0.3) is 0 Å². The van der Waals surface area contributed by atoms with Gasteiger partial charge in [-0.05, 0) is 30.2 Å². The minimum Gasteiger partial charge on any atom is -0.508 e. The van der Waals surface area contributed by atoms with E-state index in [4.69, 9.17) is 5.11 Å². The Hall–Kier alpha value is -2.04. The van der Waals surface area contributed by atoms with Crippen molar-refractivity contribution in [2.24, 2.45) is 0 Å². The van der Waals surface area contributed by atoms with Crippen molar-refractivity contribution >= 4 is 11.9 Å². The van der Waals surface area contributed by atoms with Crippen molar-refractivity contribution in [3.63, 3.8) is 0 Å². The molecule has 0 bridgehead atoms. The number of nitrogens with one attached hydrogen (secondary N) is 1. The number of carboxylic acids is 1. The summed E-state index contributed by atoms with van der Waals surface area (Å²) in [6.07, 6.45) is 0.195. The number of amides is 1. The van der Waals surface area contributed by atoms with Crippen molar-refractivity contribution in [1.82, 2.24) is 5.32 Å². The van der Waals surface area contributed by atoms with E-state index in [-0.39, 0.29) is 18.1 Å². The Kier molecular flexibility index (Phi) is 4.09. The van der Waals surface area contributed by atoms with Crippen molar-refractivity contribution < 1.29 is 19.8 Å². The van der Waals surface area contributed by atoms with Gasteiger partial charge >= 0.3 is 5.97 Å². The lowest BCUT2D eigenvalue weighted by Crippen LogP contribution is -2.41. The molecule has 1 amide bonds. The molecule has 0 aliphatic carbocycles. The molecule has 0 unspecified atom stereocenters. The second kappa shape index (κ2) is 5.34. The molecule has 1 atom stereocenters. The third-order valence-corrected chi connectivity index (χ3v) is 2.43. The van der Waals surface area contributed by atoms with Crippen molar-refractivity contribution in [3.8, 4) is 5.75 Å². The van der Waals surface area contributed by atoms with Crippen LogP contribution in [0.15, 0.2) is 18.2 Å². The van der Waals surface area contributed by atoms with Crippen LogP contribution in [0.2, 0.25) is 0 Å². The van der Waals surface area contributed by atoms with Crippen LogP contribution in [0, 0.1) is 6.92 Å². The van der Waals surface area contributed by atoms with Crippen LogP contribution in [-0.2, 0) is 16.0 Å². The van der Waals surface area contributed by atoms with Gasteiger partial charge < -0.3 is 15.5 Å². The molecule has 5 heteroatoms. The Morgan fingerprint density at radius 3 is 2.53 bits per heavy atom. The quantitative estimate of drug-likeness (QED) is 0.724. The van der Waals surface area contributed by atoms with Crippen LogP contribution >= 0.6 is 0 Å². The van der Waals surface area contributed by atoms with Crippen LogP contribution in [-0.4, -0.2) is 28.1 Å². The number of aliphatic carboxylic acids is 1. The number of benzene rings is 1. The molecule has 0 fully saturated rings. The first kappa shape index (κ1) is 13.0. The molecule has 0 heterocycles. The molecule has 0 aliphatic heterocycles. The van der Waals surface area contributed by atoms with Gasteiger partial charge in [-0.2, -0.15) is 0 Å². The van der Waals surface area contributed by atoms with Gasteiger partial charge in [-0.25, -0.2) is 4.79 Å². The SMILES string of the molecule is CC(=O)N[C@@H](Cc1ccc(O)cc1C)C(=O)O. The summed E-state index contributed by atoms with van der Waals surface area (Å²) in [5, 5.41) is 20.6. The number of carboxylic acid groups (broad SMARTS) is 1. The maximum atomic E-state index is 11.0. The summed E-state index contributed by atoms with van der Waals surface area (Å²) < 4.78 is 0. The van der Waals surface area contributed by atoms with Gasteiger partial charge in [0, 0.05) is 13.3 Å². The van der Waals surface area contributed by atoms with Crippen LogP contribution in [0.5, 0.6) is 5.75 Å². The first-order valence-electron chi connectivity index (χ1n) is 5.18. The predicted molar refractivity (Wildman–Crippen MR) is 61.8 cm³/mol. The van der Waals surface area contributed by atoms with Gasteiger partial charge in [-0.15, -0.1) is 0 Å². The van der Waals surface area contributed by atoms with Gasteiger partial charge in [0.15, 0.2) is 0 Å². The zero-order valence-corrected chi connectivity index (χ0v) is 9.73. The summed E-state index contributed by atoms with van der Waals surface area (Å²) >= 11 is 0. The lowest BCUT2D eigenvalue weighted by Gasteiger charge is -2.14. The minimum absolute atomic E-state index is 0.137. The van der Waals surface area contributed by atoms with Crippen molar-refractivity contribution in [2.45, 2.75) is 26.3 Å². The Labute approximate surface area is 99.1 Å². The van der Waals surface area contributed by atoms with Crippen LogP contribution in [0.1, 0.15) is 18.1 Å². The van der Waals surface area contributed by atoms with Crippen LogP contribution < -0.4 is 5.32 Å². The highest BCUT2D eigenvalue weighted by Crippen LogP contribution is 2.17. The zero-order chi connectivity index (χ0) is 13.0. The Bertz CT molecular complexity index is 442. The zero-order valence-electron chi connectivity index (χ0n) is 9.73. The number of phenols is 1. The van der Waals surface area contributed by atoms with Crippen molar-refractivity contribution in [3.05, 3.63) is 29.3 Å². The minimum atomic E-state index is -1.08. The topological polar surface area (TPSA) is 86.6 Å². The number of carbonyl (C=O) groups excluding carboxylic acids is 1. The molecule has 3 N–H and O–H groups in total. The fraction of sp³-hybridized carbons (Fsp3) is 0.333. The molecule has 5 nitrogen and oxygen atoms in total. The van der Waals surface area contributed by atoms with Gasteiger partial charge in [0.1, 0.15) is 11.8 Å². The monoisotopic (exact) mass is 237 g/mol. The summed E-state index contributed by atoms with van der Waals surface area (Å²) in [6.45, 7) is 3.06. The van der Waals surface area contributed by atoms with Gasteiger partial charge in [0.2, 0.25) is 5.91 Å². The standard InChI is InChI=1S/C12H15NO4/c1-7-5-10(15)4-3-9(7)6-11(12(16)17)13-8(2)14/h3-5,11,15H,6H2,1-2H3,(H,13,14)(H,16,17)/t11-/m0/s1. The Balaban J connectivity index is 2.86. The molecule has 0 spiro atoms. The third-order valence-electron chi connectivity index (χ3n) is 2.43. The fourth-order valence-electron chi connectivity index (χ4n) is 1.57. The number of hydrogen-bond acceptors (Lipinski definition) is 3. The molecule has 0 saturated carbocycles. The highest BCUT2D eigenvalue weighted by Gasteiger charge is 2.19. The fourth-order valence-corrected chi connectivity index (χ4v) is 1.57. The third kappa shape index (κ3) is 3.79. The van der Waals surface area contributed by atoms with E-state index in [9.17, 15) is 14.7 Å². The van der Waals surface area contributed by atoms with E-state index in [2.05, 4.69) is 5.32 Å². The van der Waals surface area contributed by atoms with Gasteiger partial charge in [0.25, 0.3) is 0 Å².